The van der Waals surface area contributed by atoms with Crippen molar-refractivity contribution in [1.29, 1.82) is 0 Å². The number of rotatable bonds is 2. The van der Waals surface area contributed by atoms with E-state index in [0.29, 0.717) is 0 Å². The van der Waals surface area contributed by atoms with E-state index >= 15 is 0 Å². The molecule has 0 heterocycles. The predicted octanol–water partition coefficient (Wildman–Crippen LogP) is -0.877. The molecule has 0 radical (unpaired) electrons. The molecule has 0 rings (SSSR count). The van der Waals surface area contributed by atoms with Crippen molar-refractivity contribution in [2.75, 3.05) is 14.1 Å². The molecule has 1 atom stereocenters. The van der Waals surface area contributed by atoms with E-state index in [0.717, 1.165) is 6.41 Å². The van der Waals surface area contributed by atoms with Crippen molar-refractivity contribution in [1.82, 2.24) is 4.90 Å². The molecule has 5 nitrogen and oxygen atoms in total. The fourth-order valence-electron chi connectivity index (χ4n) is 0. The van der Waals surface area contributed by atoms with Gasteiger partial charge in [-0.2, -0.15) is 0 Å². The molecule has 1 amide bonds. The van der Waals surface area contributed by atoms with Crippen LogP contribution in [0.3, 0.4) is 0 Å². The molecule has 0 spiro atoms. The molecule has 5 heteroatoms. The summed E-state index contributed by atoms with van der Waals surface area (Å²) < 4.78 is 0. The molecule has 0 aromatic heterocycles. The standard InChI is InChI=1S/C3H7NO2.C3H7NO/c1-2(4)3(5)6;1-4(2)3-5/h2H,4H2,1H3,(H,5,6);3H,1-2H3. The second-order valence-corrected chi connectivity index (χ2v) is 2.20. The highest BCUT2D eigenvalue weighted by molar-refractivity contribution is 5.72. The third-order valence-corrected chi connectivity index (χ3v) is 0.600. The Bertz CT molecular complexity index is 123. The van der Waals surface area contributed by atoms with E-state index in [9.17, 15) is 9.59 Å². The van der Waals surface area contributed by atoms with Gasteiger partial charge < -0.3 is 15.7 Å². The molecule has 0 bridgehead atoms. The molecular weight excluding hydrogens is 148 g/mol. The van der Waals surface area contributed by atoms with Crippen molar-refractivity contribution in [2.24, 2.45) is 5.73 Å². The number of nitrogens with two attached hydrogens (primary N) is 1. The highest BCUT2D eigenvalue weighted by atomic mass is 16.4. The molecule has 0 aliphatic heterocycles. The van der Waals surface area contributed by atoms with E-state index in [4.69, 9.17) is 10.8 Å². The van der Waals surface area contributed by atoms with Gasteiger partial charge in [0, 0.05) is 14.1 Å². The van der Waals surface area contributed by atoms with Crippen LogP contribution in [0.2, 0.25) is 0 Å². The van der Waals surface area contributed by atoms with Gasteiger partial charge in [-0.15, -0.1) is 0 Å². The number of carboxylic acid groups (broad SMARTS) is 1. The van der Waals surface area contributed by atoms with E-state index in [2.05, 4.69) is 0 Å². The van der Waals surface area contributed by atoms with Crippen LogP contribution in [0.1, 0.15) is 6.92 Å². The van der Waals surface area contributed by atoms with Crippen LogP contribution in [-0.2, 0) is 9.59 Å². The zero-order chi connectivity index (χ0) is 9.44. The summed E-state index contributed by atoms with van der Waals surface area (Å²) in [5.41, 5.74) is 4.84. The average Bonchev–Trinajstić information content (AvgIpc) is 1.89. The maximum atomic E-state index is 9.57. The Balaban J connectivity index is 0. The summed E-state index contributed by atoms with van der Waals surface area (Å²) >= 11 is 0. The highest BCUT2D eigenvalue weighted by Crippen LogP contribution is 1.68. The van der Waals surface area contributed by atoms with Crippen LogP contribution < -0.4 is 5.73 Å². The second-order valence-electron chi connectivity index (χ2n) is 2.20. The SMILES string of the molecule is CC(N)C(=O)O.CN(C)C=O. The van der Waals surface area contributed by atoms with Gasteiger partial charge in [-0.3, -0.25) is 9.59 Å². The van der Waals surface area contributed by atoms with Gasteiger partial charge >= 0.3 is 5.97 Å². The smallest absolute Gasteiger partial charge is 0.320 e. The van der Waals surface area contributed by atoms with Crippen LogP contribution in [0.25, 0.3) is 0 Å². The van der Waals surface area contributed by atoms with Gasteiger partial charge in [-0.1, -0.05) is 0 Å². The monoisotopic (exact) mass is 162 g/mol. The molecule has 11 heavy (non-hydrogen) atoms. The number of hydrogen-bond acceptors (Lipinski definition) is 3. The maximum Gasteiger partial charge on any atom is 0.320 e. The molecule has 66 valence electrons. The van der Waals surface area contributed by atoms with Crippen molar-refractivity contribution in [3.8, 4) is 0 Å². The summed E-state index contributed by atoms with van der Waals surface area (Å²) in [5.74, 6) is -0.963. The van der Waals surface area contributed by atoms with E-state index < -0.39 is 12.0 Å². The molecule has 0 aliphatic carbocycles. The summed E-state index contributed by atoms with van der Waals surface area (Å²) in [4.78, 5) is 20.4. The van der Waals surface area contributed by atoms with E-state index in [-0.39, 0.29) is 0 Å². The van der Waals surface area contributed by atoms with Gasteiger partial charge in [0.15, 0.2) is 0 Å². The minimum atomic E-state index is -0.963. The normalized spacial score (nSPS) is 10.5. The first kappa shape index (κ1) is 12.6. The zero-order valence-corrected chi connectivity index (χ0v) is 6.94. The molecular formula is C6H14N2O3. The molecule has 3 N–H and O–H groups in total. The minimum Gasteiger partial charge on any atom is -0.480 e. The van der Waals surface area contributed by atoms with Crippen LogP contribution in [0, 0.1) is 0 Å². The fraction of sp³-hybridized carbons (Fsp3) is 0.667. The summed E-state index contributed by atoms with van der Waals surface area (Å²) in [6.45, 7) is 1.42. The largest absolute Gasteiger partial charge is 0.480 e. The maximum absolute atomic E-state index is 9.57. The zero-order valence-electron chi connectivity index (χ0n) is 6.94. The van der Waals surface area contributed by atoms with Crippen LogP contribution >= 0.6 is 0 Å². The fourth-order valence-corrected chi connectivity index (χ4v) is 0. The number of aliphatic carboxylic acids is 1. The van der Waals surface area contributed by atoms with Gasteiger partial charge in [0.05, 0.1) is 0 Å². The molecule has 0 fully saturated rings. The predicted molar refractivity (Wildman–Crippen MR) is 41.0 cm³/mol. The molecule has 0 aromatic carbocycles. The molecule has 0 aromatic rings. The Morgan fingerprint density at radius 1 is 1.64 bits per heavy atom. The van der Waals surface area contributed by atoms with Crippen LogP contribution in [0.15, 0.2) is 0 Å². The number of carboxylic acids is 1. The van der Waals surface area contributed by atoms with Crippen molar-refractivity contribution < 1.29 is 14.7 Å². The summed E-state index contributed by atoms with van der Waals surface area (Å²) in [6.07, 6.45) is 0.750. The summed E-state index contributed by atoms with van der Waals surface area (Å²) in [6, 6.07) is -0.731. The summed E-state index contributed by atoms with van der Waals surface area (Å²) in [5, 5.41) is 7.87. The first-order valence-corrected chi connectivity index (χ1v) is 3.02. The molecule has 0 aliphatic rings. The van der Waals surface area contributed by atoms with Gasteiger partial charge in [0.25, 0.3) is 0 Å². The van der Waals surface area contributed by atoms with Gasteiger partial charge in [0.1, 0.15) is 6.04 Å². The minimum absolute atomic E-state index is 0.731. The van der Waals surface area contributed by atoms with Crippen LogP contribution in [0.5, 0.6) is 0 Å². The Hall–Kier alpha value is -1.10. The lowest BCUT2D eigenvalue weighted by Gasteiger charge is -1.93. The average molecular weight is 162 g/mol. The van der Waals surface area contributed by atoms with Crippen molar-refractivity contribution in [3.05, 3.63) is 0 Å². The van der Waals surface area contributed by atoms with Crippen LogP contribution in [0.4, 0.5) is 0 Å². The van der Waals surface area contributed by atoms with Crippen LogP contribution in [-0.4, -0.2) is 42.5 Å². The topological polar surface area (TPSA) is 83.6 Å². The lowest BCUT2D eigenvalue weighted by atomic mass is 10.4. The Labute approximate surface area is 65.8 Å². The number of carbonyl (C=O) groups is 2. The Morgan fingerprint density at radius 2 is 1.82 bits per heavy atom. The third kappa shape index (κ3) is 17.6. The first-order valence-electron chi connectivity index (χ1n) is 3.02. The quantitative estimate of drug-likeness (QED) is 0.516. The summed E-state index contributed by atoms with van der Waals surface area (Å²) in [7, 11) is 3.38. The molecule has 1 unspecified atom stereocenters. The lowest BCUT2D eigenvalue weighted by molar-refractivity contribution is -0.138. The van der Waals surface area contributed by atoms with Crippen molar-refractivity contribution >= 4 is 12.4 Å². The van der Waals surface area contributed by atoms with Gasteiger partial charge in [0.2, 0.25) is 6.41 Å². The lowest BCUT2D eigenvalue weighted by Crippen LogP contribution is -2.25. The van der Waals surface area contributed by atoms with E-state index in [1.54, 1.807) is 14.1 Å². The van der Waals surface area contributed by atoms with E-state index in [1.165, 1.54) is 11.8 Å². The van der Waals surface area contributed by atoms with Crippen molar-refractivity contribution in [2.45, 2.75) is 13.0 Å². The second kappa shape index (κ2) is 7.01. The Kier molecular flexibility index (Phi) is 8.01. The van der Waals surface area contributed by atoms with Gasteiger partial charge in [-0.05, 0) is 6.92 Å². The molecule has 0 saturated carbocycles. The third-order valence-electron chi connectivity index (χ3n) is 0.600. The number of hydrogen-bond donors (Lipinski definition) is 2. The Morgan fingerprint density at radius 3 is 1.82 bits per heavy atom. The highest BCUT2D eigenvalue weighted by Gasteiger charge is 1.99. The first-order chi connectivity index (χ1) is 4.91. The number of nitrogens with zero attached hydrogens (tertiary/aromatic N) is 1. The molecule has 0 saturated heterocycles. The van der Waals surface area contributed by atoms with Crippen molar-refractivity contribution in [3.63, 3.8) is 0 Å². The number of amides is 1. The number of carbonyl (C=O) groups excluding carboxylic acids is 1. The van der Waals surface area contributed by atoms with E-state index in [1.807, 2.05) is 0 Å². The van der Waals surface area contributed by atoms with Gasteiger partial charge in [-0.25, -0.2) is 0 Å².